The molecule has 0 radical (unpaired) electrons. The number of rotatable bonds is 2. The molecule has 0 aliphatic carbocycles. The fourth-order valence-corrected chi connectivity index (χ4v) is 0.749. The SMILES string of the molecule is CCCC(=S)S.O=C(O)C#CC(=O)O. The molecule has 14 heavy (non-hydrogen) atoms. The van der Waals surface area contributed by atoms with Crippen LogP contribution in [0.1, 0.15) is 19.8 Å². The van der Waals surface area contributed by atoms with E-state index in [9.17, 15) is 9.59 Å². The highest BCUT2D eigenvalue weighted by Gasteiger charge is 1.86. The molecule has 0 heterocycles. The van der Waals surface area contributed by atoms with Crippen molar-refractivity contribution in [2.45, 2.75) is 19.8 Å². The van der Waals surface area contributed by atoms with Gasteiger partial charge in [0.05, 0.1) is 0 Å². The fraction of sp³-hybridized carbons (Fsp3) is 0.375. The summed E-state index contributed by atoms with van der Waals surface area (Å²) in [5.41, 5.74) is 0. The zero-order chi connectivity index (χ0) is 11.6. The van der Waals surface area contributed by atoms with Crippen LogP contribution in [-0.4, -0.2) is 26.3 Å². The lowest BCUT2D eigenvalue weighted by atomic mass is 10.4. The molecule has 0 aliphatic rings. The zero-order valence-electron chi connectivity index (χ0n) is 7.48. The lowest BCUT2D eigenvalue weighted by molar-refractivity contribution is -0.132. The maximum Gasteiger partial charge on any atom is 0.382 e. The normalized spacial score (nSPS) is 7.29. The molecule has 78 valence electrons. The van der Waals surface area contributed by atoms with Gasteiger partial charge in [-0.3, -0.25) is 0 Å². The lowest BCUT2D eigenvalue weighted by Crippen LogP contribution is -1.92. The highest BCUT2D eigenvalue weighted by molar-refractivity contribution is 8.11. The number of carboxylic acid groups (broad SMARTS) is 2. The van der Waals surface area contributed by atoms with Crippen molar-refractivity contribution >= 4 is 41.0 Å². The smallest absolute Gasteiger partial charge is 0.382 e. The highest BCUT2D eigenvalue weighted by Crippen LogP contribution is 1.93. The van der Waals surface area contributed by atoms with Crippen molar-refractivity contribution < 1.29 is 19.8 Å². The first-order chi connectivity index (χ1) is 6.40. The third-order valence-electron chi connectivity index (χ3n) is 0.740. The molecule has 0 rings (SSSR count). The van der Waals surface area contributed by atoms with E-state index in [2.05, 4.69) is 31.8 Å². The van der Waals surface area contributed by atoms with Crippen molar-refractivity contribution in [2.24, 2.45) is 0 Å². The minimum atomic E-state index is -1.44. The van der Waals surface area contributed by atoms with Crippen molar-refractivity contribution in [3.8, 4) is 11.8 Å². The molecule has 0 aromatic rings. The van der Waals surface area contributed by atoms with Crippen LogP contribution in [0.5, 0.6) is 0 Å². The van der Waals surface area contributed by atoms with E-state index in [1.807, 2.05) is 0 Å². The van der Waals surface area contributed by atoms with Gasteiger partial charge in [-0.25, -0.2) is 9.59 Å². The molecule has 0 aliphatic heterocycles. The second-order valence-corrected chi connectivity index (χ2v) is 3.34. The van der Waals surface area contributed by atoms with Crippen LogP contribution in [0.4, 0.5) is 0 Å². The van der Waals surface area contributed by atoms with Crippen molar-refractivity contribution in [2.75, 3.05) is 0 Å². The molecule has 0 saturated heterocycles. The Kier molecular flexibility index (Phi) is 11.0. The van der Waals surface area contributed by atoms with Crippen LogP contribution >= 0.6 is 24.8 Å². The van der Waals surface area contributed by atoms with Crippen LogP contribution in [0, 0.1) is 11.8 Å². The molecule has 0 unspecified atom stereocenters. The molecule has 0 aromatic carbocycles. The van der Waals surface area contributed by atoms with Crippen LogP contribution in [0.3, 0.4) is 0 Å². The number of thiocarbonyl (C=S) groups is 1. The molecular formula is C8H10O4S2. The number of aliphatic carboxylic acids is 2. The van der Waals surface area contributed by atoms with Gasteiger partial charge < -0.3 is 10.2 Å². The molecule has 0 amide bonds. The van der Waals surface area contributed by atoms with E-state index in [1.165, 1.54) is 11.8 Å². The van der Waals surface area contributed by atoms with Crippen LogP contribution < -0.4 is 0 Å². The summed E-state index contributed by atoms with van der Waals surface area (Å²) in [6.07, 6.45) is 2.08. The predicted molar refractivity (Wildman–Crippen MR) is 59.5 cm³/mol. The Balaban J connectivity index is 0. The van der Waals surface area contributed by atoms with Crippen LogP contribution in [0.25, 0.3) is 0 Å². The molecule has 0 aromatic heterocycles. The van der Waals surface area contributed by atoms with Gasteiger partial charge in [0.1, 0.15) is 0 Å². The number of carboxylic acids is 2. The van der Waals surface area contributed by atoms with E-state index in [0.717, 1.165) is 17.0 Å². The fourth-order valence-electron chi connectivity index (χ4n) is 0.321. The van der Waals surface area contributed by atoms with E-state index in [-0.39, 0.29) is 0 Å². The summed E-state index contributed by atoms with van der Waals surface area (Å²) >= 11 is 8.57. The van der Waals surface area contributed by atoms with E-state index in [4.69, 9.17) is 10.2 Å². The quantitative estimate of drug-likeness (QED) is 0.380. The Labute approximate surface area is 92.7 Å². The molecule has 0 bridgehead atoms. The number of hydrogen-bond donors (Lipinski definition) is 3. The molecule has 0 fully saturated rings. The van der Waals surface area contributed by atoms with Gasteiger partial charge in [0.25, 0.3) is 0 Å². The predicted octanol–water partition coefficient (Wildman–Crippen LogP) is 1.20. The van der Waals surface area contributed by atoms with Crippen LogP contribution in [0.2, 0.25) is 0 Å². The molecule has 0 spiro atoms. The zero-order valence-corrected chi connectivity index (χ0v) is 9.19. The van der Waals surface area contributed by atoms with E-state index in [1.54, 1.807) is 0 Å². The van der Waals surface area contributed by atoms with Gasteiger partial charge in [-0.1, -0.05) is 25.6 Å². The van der Waals surface area contributed by atoms with E-state index in [0.29, 0.717) is 0 Å². The molecule has 0 atom stereocenters. The topological polar surface area (TPSA) is 74.6 Å². The van der Waals surface area contributed by atoms with Gasteiger partial charge >= 0.3 is 11.9 Å². The first-order valence-electron chi connectivity index (χ1n) is 3.59. The second-order valence-electron chi connectivity index (χ2n) is 2.00. The molecular weight excluding hydrogens is 224 g/mol. The summed E-state index contributed by atoms with van der Waals surface area (Å²) in [6.45, 7) is 2.09. The van der Waals surface area contributed by atoms with Gasteiger partial charge in [0, 0.05) is 16.0 Å². The third kappa shape index (κ3) is 22.4. The Hall–Kier alpha value is -1.06. The van der Waals surface area contributed by atoms with E-state index < -0.39 is 11.9 Å². The summed E-state index contributed by atoms with van der Waals surface area (Å²) in [5, 5.41) is 15.5. The van der Waals surface area contributed by atoms with Gasteiger partial charge in [-0.2, -0.15) is 0 Å². The number of carbonyl (C=O) groups is 2. The third-order valence-corrected chi connectivity index (χ3v) is 1.17. The van der Waals surface area contributed by atoms with Crippen molar-refractivity contribution in [3.63, 3.8) is 0 Å². The Bertz CT molecular complexity index is 257. The van der Waals surface area contributed by atoms with Gasteiger partial charge in [-0.05, 0) is 6.42 Å². The molecule has 0 saturated carbocycles. The van der Waals surface area contributed by atoms with Crippen molar-refractivity contribution in [1.29, 1.82) is 0 Å². The Morgan fingerprint density at radius 3 is 1.71 bits per heavy atom. The maximum atomic E-state index is 9.47. The summed E-state index contributed by atoms with van der Waals surface area (Å²) in [7, 11) is 0. The average Bonchev–Trinajstić information content (AvgIpc) is 2.01. The number of thiol groups is 1. The monoisotopic (exact) mass is 234 g/mol. The first-order valence-corrected chi connectivity index (χ1v) is 4.45. The summed E-state index contributed by atoms with van der Waals surface area (Å²) in [6, 6.07) is 0. The van der Waals surface area contributed by atoms with E-state index >= 15 is 0 Å². The highest BCUT2D eigenvalue weighted by atomic mass is 32.1. The summed E-state index contributed by atoms with van der Waals surface area (Å²) < 4.78 is 0.817. The molecule has 2 N–H and O–H groups in total. The first kappa shape index (κ1) is 15.4. The lowest BCUT2D eigenvalue weighted by Gasteiger charge is -1.83. The Morgan fingerprint density at radius 2 is 1.64 bits per heavy atom. The van der Waals surface area contributed by atoms with Crippen LogP contribution in [-0.2, 0) is 9.59 Å². The second kappa shape index (κ2) is 10.0. The van der Waals surface area contributed by atoms with Crippen LogP contribution in [0.15, 0.2) is 0 Å². The largest absolute Gasteiger partial charge is 0.472 e. The Morgan fingerprint density at radius 1 is 1.29 bits per heavy atom. The minimum absolute atomic E-state index is 0.817. The minimum Gasteiger partial charge on any atom is -0.472 e. The summed E-state index contributed by atoms with van der Waals surface area (Å²) in [4.78, 5) is 18.9. The molecule has 4 nitrogen and oxygen atoms in total. The molecule has 6 heteroatoms. The van der Waals surface area contributed by atoms with Crippen molar-refractivity contribution in [1.82, 2.24) is 0 Å². The maximum absolute atomic E-state index is 9.47. The summed E-state index contributed by atoms with van der Waals surface area (Å²) in [5.74, 6) is -0.0511. The number of hydrogen-bond acceptors (Lipinski definition) is 3. The van der Waals surface area contributed by atoms with Crippen molar-refractivity contribution in [3.05, 3.63) is 0 Å². The van der Waals surface area contributed by atoms with Gasteiger partial charge in [0.15, 0.2) is 0 Å². The standard InChI is InChI=1S/C4H2O4.C4H8S2/c5-3(6)1-2-4(7)8;1-2-3-4(5)6/h(H,5,6)(H,7,8);2-3H2,1H3,(H,5,6). The van der Waals surface area contributed by atoms with Gasteiger partial charge in [0.2, 0.25) is 0 Å². The average molecular weight is 234 g/mol. The van der Waals surface area contributed by atoms with Gasteiger partial charge in [-0.15, -0.1) is 12.6 Å².